The van der Waals surface area contributed by atoms with Gasteiger partial charge in [0.05, 0.1) is 0 Å². The van der Waals surface area contributed by atoms with Crippen molar-refractivity contribution < 1.29 is 0 Å². The van der Waals surface area contributed by atoms with E-state index >= 15 is 0 Å². The van der Waals surface area contributed by atoms with Gasteiger partial charge in [-0.05, 0) is 28.3 Å². The van der Waals surface area contributed by atoms with Crippen LogP contribution in [0.25, 0.3) is 4.75 Å². The van der Waals surface area contributed by atoms with Gasteiger partial charge in [-0.3, -0.25) is 4.34 Å². The Kier molecular flexibility index (Phi) is 8.77. The van der Waals surface area contributed by atoms with Gasteiger partial charge in [-0.25, -0.2) is 0 Å². The molecule has 0 bridgehead atoms. The second-order valence-electron chi connectivity index (χ2n) is 11.7. The minimum absolute atomic E-state index is 1.29. The Hall–Kier alpha value is -2.13. The summed E-state index contributed by atoms with van der Waals surface area (Å²) in [5.74, 6) is 0. The molecule has 2 nitrogen and oxygen atoms in total. The first-order valence-electron chi connectivity index (χ1n) is 13.3. The summed E-state index contributed by atoms with van der Waals surface area (Å²) in [7, 11) is -6.14. The van der Waals surface area contributed by atoms with Crippen LogP contribution in [0.5, 0.6) is 0 Å². The fraction of sp³-hybridized carbons (Fsp3) is 0.219. The lowest BCUT2D eigenvalue weighted by molar-refractivity contribution is 0.827. The highest BCUT2D eigenvalue weighted by molar-refractivity contribution is 8.02. The summed E-state index contributed by atoms with van der Waals surface area (Å²) < 4.78 is 8.68. The van der Waals surface area contributed by atoms with E-state index in [0.29, 0.717) is 0 Å². The molecule has 4 rings (SSSR count). The normalized spacial score (nSPS) is 12.8. The molecule has 0 heterocycles. The first-order chi connectivity index (χ1) is 18.0. The van der Waals surface area contributed by atoms with E-state index in [1.165, 1.54) is 21.2 Å². The fourth-order valence-corrected chi connectivity index (χ4v) is 22.3. The number of hydrogen-bond donors (Lipinski definition) is 0. The van der Waals surface area contributed by atoms with Gasteiger partial charge >= 0.3 is 0 Å². The van der Waals surface area contributed by atoms with E-state index < -0.39 is 30.5 Å². The summed E-state index contributed by atoms with van der Waals surface area (Å²) in [4.78, 5) is 0. The van der Waals surface area contributed by atoms with E-state index in [-0.39, 0.29) is 0 Å². The van der Waals surface area contributed by atoms with E-state index in [0.717, 1.165) is 0 Å². The SMILES string of the molecule is CN([Si](C)(C)C)P(=C=P([N-][Si](C)(C)C)(c1ccccc1)c1ccccc1)(c1ccccc1)c1ccccc1. The van der Waals surface area contributed by atoms with Crippen LogP contribution in [0.3, 0.4) is 0 Å². The number of nitrogens with zero attached hydrogens (tertiary/aromatic N) is 2. The third kappa shape index (κ3) is 6.04. The van der Waals surface area contributed by atoms with Gasteiger partial charge in [0.15, 0.2) is 0 Å². The molecule has 0 aliphatic carbocycles. The molecular formula is C32H41N2P2Si2-. The highest BCUT2D eigenvalue weighted by Crippen LogP contribution is 2.59. The van der Waals surface area contributed by atoms with Crippen molar-refractivity contribution >= 4 is 56.9 Å². The van der Waals surface area contributed by atoms with Crippen molar-refractivity contribution in [2.75, 3.05) is 7.05 Å². The second-order valence-corrected chi connectivity index (χ2v) is 28.2. The Bertz CT molecular complexity index is 1370. The molecule has 0 saturated heterocycles. The lowest BCUT2D eigenvalue weighted by atomic mass is 10.4. The zero-order valence-corrected chi connectivity index (χ0v) is 27.6. The molecule has 0 N–H and O–H groups in total. The molecule has 0 unspecified atom stereocenters. The Morgan fingerprint density at radius 2 is 0.842 bits per heavy atom. The van der Waals surface area contributed by atoms with Crippen LogP contribution >= 0.6 is 14.1 Å². The van der Waals surface area contributed by atoms with Crippen molar-refractivity contribution in [2.45, 2.75) is 39.3 Å². The first kappa shape index (κ1) is 28.9. The van der Waals surface area contributed by atoms with Crippen molar-refractivity contribution in [1.82, 2.24) is 4.34 Å². The van der Waals surface area contributed by atoms with Gasteiger partial charge < -0.3 is 4.75 Å². The highest BCUT2D eigenvalue weighted by atomic mass is 31.2. The van der Waals surface area contributed by atoms with Gasteiger partial charge in [0, 0.05) is 7.04 Å². The van der Waals surface area contributed by atoms with Crippen molar-refractivity contribution in [3.8, 4) is 0 Å². The van der Waals surface area contributed by atoms with Crippen LogP contribution in [-0.4, -0.2) is 33.0 Å². The quantitative estimate of drug-likeness (QED) is 0.156. The van der Waals surface area contributed by atoms with E-state index in [4.69, 9.17) is 4.75 Å². The van der Waals surface area contributed by atoms with Crippen LogP contribution < -0.4 is 21.2 Å². The van der Waals surface area contributed by atoms with E-state index in [1.807, 2.05) is 0 Å². The monoisotopic (exact) mass is 571 g/mol. The molecule has 0 aliphatic rings. The standard InChI is InChI=1S/C32H41N2P2Si2/c1-34(38(5,6)7)36(31-24-16-10-17-25-31,32-26-18-11-19-27-32)28-35(33-37(2,3)4,29-20-12-8-13-21-29)30-22-14-9-15-23-30/h8-27H,1-7H3/q-1. The van der Waals surface area contributed by atoms with Crippen LogP contribution in [-0.2, 0) is 0 Å². The molecule has 0 aromatic heterocycles. The molecule has 0 saturated carbocycles. The van der Waals surface area contributed by atoms with E-state index in [9.17, 15) is 0 Å². The maximum atomic E-state index is 5.94. The lowest BCUT2D eigenvalue weighted by Crippen LogP contribution is -2.46. The zero-order chi connectivity index (χ0) is 27.4. The predicted octanol–water partition coefficient (Wildman–Crippen LogP) is 7.77. The molecule has 4 aromatic rings. The predicted molar refractivity (Wildman–Crippen MR) is 181 cm³/mol. The lowest BCUT2D eigenvalue weighted by Gasteiger charge is -2.50. The van der Waals surface area contributed by atoms with Crippen molar-refractivity contribution in [2.24, 2.45) is 0 Å². The molecule has 6 heteroatoms. The van der Waals surface area contributed by atoms with Gasteiger partial charge in [-0.2, -0.15) is 0 Å². The molecule has 0 fully saturated rings. The van der Waals surface area contributed by atoms with Gasteiger partial charge in [0.1, 0.15) is 8.24 Å². The summed E-state index contributed by atoms with van der Waals surface area (Å²) in [6.45, 7) is 14.5. The average Bonchev–Trinajstić information content (AvgIpc) is 2.91. The molecule has 198 valence electrons. The third-order valence-electron chi connectivity index (χ3n) is 6.68. The smallest absolute Gasteiger partial charge is 0.124 e. The van der Waals surface area contributed by atoms with Crippen LogP contribution in [0.15, 0.2) is 121 Å². The number of benzene rings is 4. The average molecular weight is 572 g/mol. The Morgan fingerprint density at radius 3 is 1.13 bits per heavy atom. The van der Waals surface area contributed by atoms with E-state index in [2.05, 4.69) is 177 Å². The molecule has 4 aromatic carbocycles. The van der Waals surface area contributed by atoms with Crippen molar-refractivity contribution in [3.05, 3.63) is 126 Å². The van der Waals surface area contributed by atoms with Crippen LogP contribution in [0.1, 0.15) is 0 Å². The number of rotatable bonds is 8. The summed E-state index contributed by atoms with van der Waals surface area (Å²) in [6, 6.07) is 44.4. The Morgan fingerprint density at radius 1 is 0.526 bits per heavy atom. The summed E-state index contributed by atoms with van der Waals surface area (Å²) in [6.07, 6.45) is 0. The molecule has 0 aliphatic heterocycles. The fourth-order valence-electron chi connectivity index (χ4n) is 4.76. The van der Waals surface area contributed by atoms with Gasteiger partial charge in [-0.15, -0.1) is 12.2 Å². The molecule has 0 atom stereocenters. The molecule has 0 spiro atoms. The maximum absolute atomic E-state index is 5.94. The molecule has 0 radical (unpaired) electrons. The largest absolute Gasteiger partial charge is 0.624 e. The number of hydrogen-bond acceptors (Lipinski definition) is 1. The minimum Gasteiger partial charge on any atom is -0.624 e. The highest BCUT2D eigenvalue weighted by Gasteiger charge is 2.36. The first-order valence-corrected chi connectivity index (χ1v) is 23.7. The van der Waals surface area contributed by atoms with Crippen LogP contribution in [0.4, 0.5) is 0 Å². The Balaban J connectivity index is 2.45. The van der Waals surface area contributed by atoms with Crippen molar-refractivity contribution in [1.29, 1.82) is 0 Å². The third-order valence-corrected chi connectivity index (χ3v) is 22.3. The Labute approximate surface area is 233 Å². The van der Waals surface area contributed by atoms with Gasteiger partial charge in [0.25, 0.3) is 0 Å². The maximum Gasteiger partial charge on any atom is 0.124 e. The van der Waals surface area contributed by atoms with Crippen LogP contribution in [0, 0.1) is 0 Å². The zero-order valence-electron chi connectivity index (χ0n) is 23.8. The second kappa shape index (κ2) is 11.5. The van der Waals surface area contributed by atoms with Gasteiger partial charge in [0.2, 0.25) is 0 Å². The molecule has 38 heavy (non-hydrogen) atoms. The van der Waals surface area contributed by atoms with Crippen molar-refractivity contribution in [3.63, 3.8) is 0 Å². The topological polar surface area (TPSA) is 17.3 Å². The summed E-state index contributed by atoms with van der Waals surface area (Å²) in [5, 5.41) is 9.82. The summed E-state index contributed by atoms with van der Waals surface area (Å²) >= 11 is 0. The molecule has 0 amide bonds. The van der Waals surface area contributed by atoms with E-state index in [1.54, 1.807) is 0 Å². The van der Waals surface area contributed by atoms with Gasteiger partial charge in [-0.1, -0.05) is 169 Å². The minimum atomic E-state index is -2.43. The molecular weight excluding hydrogens is 530 g/mol. The summed E-state index contributed by atoms with van der Waals surface area (Å²) in [5.41, 5.74) is 0. The van der Waals surface area contributed by atoms with Crippen LogP contribution in [0.2, 0.25) is 39.3 Å².